The molecule has 1 aliphatic rings. The highest BCUT2D eigenvalue weighted by Gasteiger charge is 2.26. The summed E-state index contributed by atoms with van der Waals surface area (Å²) in [7, 11) is 0. The van der Waals surface area contributed by atoms with E-state index in [1.807, 2.05) is 28.7 Å². The van der Waals surface area contributed by atoms with Crippen molar-refractivity contribution in [3.8, 4) is 11.5 Å². The fourth-order valence-electron chi connectivity index (χ4n) is 2.61. The molecule has 112 valence electrons. The summed E-state index contributed by atoms with van der Waals surface area (Å²) in [6, 6.07) is 1.97. The number of likely N-dealkylation sites (tertiary alicyclic amines) is 1. The normalized spacial score (nSPS) is 18.4. The first-order valence-corrected chi connectivity index (χ1v) is 8.08. The van der Waals surface area contributed by atoms with Gasteiger partial charge in [-0.25, -0.2) is 4.98 Å². The molecule has 0 bridgehead atoms. The fourth-order valence-corrected chi connectivity index (χ4v) is 3.24. The van der Waals surface area contributed by atoms with E-state index in [0.29, 0.717) is 24.8 Å². The van der Waals surface area contributed by atoms with Gasteiger partial charge in [-0.15, -0.1) is 0 Å². The van der Waals surface area contributed by atoms with Crippen molar-refractivity contribution >= 4 is 17.2 Å². The minimum atomic E-state index is 0.110. The lowest BCUT2D eigenvalue weighted by Gasteiger charge is -2.15. The van der Waals surface area contributed by atoms with Crippen molar-refractivity contribution < 1.29 is 9.21 Å². The standard InChI is InChI=1S/C15H19N3O2S/c1-10-13(17-15(20-10)12-3-5-21-9-12)6-14(19)18-4-2-11(7-16)8-18/h3,5,9,11H,2,4,6-8,16H2,1H3. The van der Waals surface area contributed by atoms with E-state index in [0.717, 1.165) is 36.5 Å². The zero-order chi connectivity index (χ0) is 14.8. The van der Waals surface area contributed by atoms with Crippen molar-refractivity contribution in [2.24, 2.45) is 11.7 Å². The van der Waals surface area contributed by atoms with Crippen LogP contribution in [0.5, 0.6) is 0 Å². The van der Waals surface area contributed by atoms with Crippen LogP contribution in [0, 0.1) is 12.8 Å². The van der Waals surface area contributed by atoms with Crippen LogP contribution in [0.2, 0.25) is 0 Å². The summed E-state index contributed by atoms with van der Waals surface area (Å²) in [6.45, 7) is 4.08. The molecule has 5 nitrogen and oxygen atoms in total. The van der Waals surface area contributed by atoms with Crippen molar-refractivity contribution in [3.63, 3.8) is 0 Å². The number of rotatable bonds is 4. The largest absolute Gasteiger partial charge is 0.441 e. The topological polar surface area (TPSA) is 72.4 Å². The average molecular weight is 305 g/mol. The molecule has 1 atom stereocenters. The molecule has 1 saturated heterocycles. The molecule has 0 aromatic carbocycles. The van der Waals surface area contributed by atoms with Gasteiger partial charge in [0.2, 0.25) is 11.8 Å². The summed E-state index contributed by atoms with van der Waals surface area (Å²) < 4.78 is 5.67. The number of aromatic nitrogens is 1. The fraction of sp³-hybridized carbons (Fsp3) is 0.467. The van der Waals surface area contributed by atoms with Gasteiger partial charge in [0, 0.05) is 24.0 Å². The monoisotopic (exact) mass is 305 g/mol. The Kier molecular flexibility index (Phi) is 4.07. The zero-order valence-electron chi connectivity index (χ0n) is 12.0. The van der Waals surface area contributed by atoms with Crippen molar-refractivity contribution in [1.82, 2.24) is 9.88 Å². The lowest BCUT2D eigenvalue weighted by molar-refractivity contribution is -0.129. The van der Waals surface area contributed by atoms with Crippen molar-refractivity contribution in [3.05, 3.63) is 28.3 Å². The van der Waals surface area contributed by atoms with Gasteiger partial charge in [0.05, 0.1) is 12.1 Å². The van der Waals surface area contributed by atoms with Crippen LogP contribution in [0.4, 0.5) is 0 Å². The Labute approximate surface area is 127 Å². The van der Waals surface area contributed by atoms with E-state index in [9.17, 15) is 4.79 Å². The number of carbonyl (C=O) groups excluding carboxylic acids is 1. The molecule has 0 spiro atoms. The summed E-state index contributed by atoms with van der Waals surface area (Å²) in [5.41, 5.74) is 7.36. The summed E-state index contributed by atoms with van der Waals surface area (Å²) in [4.78, 5) is 18.7. The number of amides is 1. The number of aryl methyl sites for hydroxylation is 1. The number of hydrogen-bond acceptors (Lipinski definition) is 5. The molecule has 0 radical (unpaired) electrons. The zero-order valence-corrected chi connectivity index (χ0v) is 12.9. The van der Waals surface area contributed by atoms with E-state index in [-0.39, 0.29) is 5.91 Å². The molecule has 21 heavy (non-hydrogen) atoms. The van der Waals surface area contributed by atoms with Crippen LogP contribution in [-0.4, -0.2) is 35.4 Å². The maximum Gasteiger partial charge on any atom is 0.228 e. The second-order valence-electron chi connectivity index (χ2n) is 5.44. The molecule has 3 rings (SSSR count). The Morgan fingerprint density at radius 2 is 2.48 bits per heavy atom. The van der Waals surface area contributed by atoms with Crippen LogP contribution in [-0.2, 0) is 11.2 Å². The first-order valence-electron chi connectivity index (χ1n) is 7.14. The smallest absolute Gasteiger partial charge is 0.228 e. The van der Waals surface area contributed by atoms with E-state index in [4.69, 9.17) is 10.2 Å². The maximum absolute atomic E-state index is 12.3. The van der Waals surface area contributed by atoms with E-state index < -0.39 is 0 Å². The van der Waals surface area contributed by atoms with Gasteiger partial charge in [0.15, 0.2) is 0 Å². The van der Waals surface area contributed by atoms with Crippen LogP contribution in [0.1, 0.15) is 17.9 Å². The van der Waals surface area contributed by atoms with Crippen LogP contribution >= 0.6 is 11.3 Å². The molecule has 0 saturated carbocycles. The molecule has 1 unspecified atom stereocenters. The number of nitrogens with two attached hydrogens (primary N) is 1. The molecule has 1 amide bonds. The lowest BCUT2D eigenvalue weighted by atomic mass is 10.1. The highest BCUT2D eigenvalue weighted by molar-refractivity contribution is 7.08. The van der Waals surface area contributed by atoms with Gasteiger partial charge < -0.3 is 15.1 Å². The summed E-state index contributed by atoms with van der Waals surface area (Å²) in [6.07, 6.45) is 1.30. The minimum absolute atomic E-state index is 0.110. The molecule has 6 heteroatoms. The van der Waals surface area contributed by atoms with Crippen molar-refractivity contribution in [2.45, 2.75) is 19.8 Å². The molecule has 0 aliphatic carbocycles. The van der Waals surface area contributed by atoms with Crippen molar-refractivity contribution in [1.29, 1.82) is 0 Å². The molecular formula is C15H19N3O2S. The van der Waals surface area contributed by atoms with Gasteiger partial charge in [-0.05, 0) is 37.3 Å². The van der Waals surface area contributed by atoms with E-state index in [2.05, 4.69) is 4.98 Å². The van der Waals surface area contributed by atoms with E-state index in [1.54, 1.807) is 11.3 Å². The minimum Gasteiger partial charge on any atom is -0.441 e. The Hall–Kier alpha value is -1.66. The van der Waals surface area contributed by atoms with Crippen LogP contribution in [0.3, 0.4) is 0 Å². The number of nitrogens with zero attached hydrogens (tertiary/aromatic N) is 2. The second-order valence-corrected chi connectivity index (χ2v) is 6.22. The molecule has 3 heterocycles. The Balaban J connectivity index is 1.69. The Morgan fingerprint density at radius 3 is 3.14 bits per heavy atom. The summed E-state index contributed by atoms with van der Waals surface area (Å²) >= 11 is 1.60. The molecule has 2 aromatic heterocycles. The first kappa shape index (κ1) is 14.3. The average Bonchev–Trinajstić information content (AvgIpc) is 3.18. The maximum atomic E-state index is 12.3. The van der Waals surface area contributed by atoms with Gasteiger partial charge >= 0.3 is 0 Å². The Morgan fingerprint density at radius 1 is 1.62 bits per heavy atom. The molecule has 1 aliphatic heterocycles. The molecular weight excluding hydrogens is 286 g/mol. The molecule has 2 aromatic rings. The van der Waals surface area contributed by atoms with Gasteiger partial charge in [0.25, 0.3) is 0 Å². The van der Waals surface area contributed by atoms with E-state index >= 15 is 0 Å². The number of hydrogen-bond donors (Lipinski definition) is 1. The van der Waals surface area contributed by atoms with Crippen molar-refractivity contribution in [2.75, 3.05) is 19.6 Å². The van der Waals surface area contributed by atoms with Gasteiger partial charge in [-0.1, -0.05) is 0 Å². The second kappa shape index (κ2) is 5.99. The van der Waals surface area contributed by atoms with E-state index in [1.165, 1.54) is 0 Å². The van der Waals surface area contributed by atoms with Gasteiger partial charge in [-0.3, -0.25) is 4.79 Å². The summed E-state index contributed by atoms with van der Waals surface area (Å²) in [5, 5.41) is 3.97. The third-order valence-electron chi connectivity index (χ3n) is 3.95. The lowest BCUT2D eigenvalue weighted by Crippen LogP contribution is -2.31. The van der Waals surface area contributed by atoms with Gasteiger partial charge in [-0.2, -0.15) is 11.3 Å². The highest BCUT2D eigenvalue weighted by Crippen LogP contribution is 2.24. The third-order valence-corrected chi connectivity index (χ3v) is 4.63. The highest BCUT2D eigenvalue weighted by atomic mass is 32.1. The SMILES string of the molecule is Cc1oc(-c2ccsc2)nc1CC(=O)N1CCC(CN)C1. The van der Waals surface area contributed by atoms with Crippen LogP contribution in [0.25, 0.3) is 11.5 Å². The summed E-state index contributed by atoms with van der Waals surface area (Å²) in [5.74, 6) is 1.87. The quantitative estimate of drug-likeness (QED) is 0.938. The number of oxazole rings is 1. The number of thiophene rings is 1. The van der Waals surface area contributed by atoms with Gasteiger partial charge in [0.1, 0.15) is 5.76 Å². The predicted octanol–water partition coefficient (Wildman–Crippen LogP) is 2.06. The first-order chi connectivity index (χ1) is 10.2. The predicted molar refractivity (Wildman–Crippen MR) is 82.0 cm³/mol. The molecule has 1 fully saturated rings. The third kappa shape index (κ3) is 3.01. The Bertz CT molecular complexity index is 621. The molecule has 2 N–H and O–H groups in total. The number of carbonyl (C=O) groups is 1. The van der Waals surface area contributed by atoms with Crippen LogP contribution in [0.15, 0.2) is 21.2 Å². The van der Waals surface area contributed by atoms with Crippen LogP contribution < -0.4 is 5.73 Å².